The van der Waals surface area contributed by atoms with E-state index in [1.165, 1.54) is 14.0 Å². The number of hydrogen-bond acceptors (Lipinski definition) is 3. The first-order valence-corrected chi connectivity index (χ1v) is 4.62. The van der Waals surface area contributed by atoms with E-state index in [1.54, 1.807) is 6.92 Å². The van der Waals surface area contributed by atoms with Gasteiger partial charge in [-0.05, 0) is 20.9 Å². The van der Waals surface area contributed by atoms with E-state index in [-0.39, 0.29) is 6.54 Å². The van der Waals surface area contributed by atoms with Crippen LogP contribution in [0.25, 0.3) is 0 Å². The third-order valence-electron chi connectivity index (χ3n) is 2.09. The van der Waals surface area contributed by atoms with E-state index >= 15 is 0 Å². The molecule has 15 heavy (non-hydrogen) atoms. The molecule has 0 saturated carbocycles. The number of nitrogens with two attached hydrogens (primary N) is 1. The molecule has 88 valence electrons. The Kier molecular flexibility index (Phi) is 5.05. The molecule has 0 amide bonds. The fourth-order valence-electron chi connectivity index (χ4n) is 1.54. The molecular weight excluding hydrogens is 207 g/mol. The lowest BCUT2D eigenvalue weighted by Crippen LogP contribution is -2.54. The molecule has 0 heterocycles. The van der Waals surface area contributed by atoms with Gasteiger partial charge in [0.2, 0.25) is 0 Å². The summed E-state index contributed by atoms with van der Waals surface area (Å²) in [7, 11) is 1.33. The average molecular weight is 223 g/mol. The zero-order chi connectivity index (χ0) is 12.2. The van der Waals surface area contributed by atoms with Crippen LogP contribution in [0.3, 0.4) is 0 Å². The summed E-state index contributed by atoms with van der Waals surface area (Å²) < 4.78 is 37.7. The van der Waals surface area contributed by atoms with Gasteiger partial charge >= 0.3 is 6.18 Å². The van der Waals surface area contributed by atoms with Crippen LogP contribution in [0.1, 0.15) is 13.8 Å². The molecule has 0 aliphatic rings. The minimum atomic E-state index is -4.36. The highest BCUT2D eigenvalue weighted by atomic mass is 19.4. The predicted molar refractivity (Wildman–Crippen MR) is 50.9 cm³/mol. The van der Waals surface area contributed by atoms with Crippen LogP contribution in [0, 0.1) is 17.2 Å². The largest absolute Gasteiger partial charge is 0.405 e. The van der Waals surface area contributed by atoms with Crippen molar-refractivity contribution in [3.8, 4) is 6.07 Å². The summed E-state index contributed by atoms with van der Waals surface area (Å²) in [4.78, 5) is 1.08. The van der Waals surface area contributed by atoms with Crippen molar-refractivity contribution in [1.82, 2.24) is 4.90 Å². The molecule has 0 bridgehead atoms. The lowest BCUT2D eigenvalue weighted by Gasteiger charge is -2.33. The van der Waals surface area contributed by atoms with E-state index in [0.29, 0.717) is 0 Å². The van der Waals surface area contributed by atoms with E-state index in [9.17, 15) is 13.2 Å². The third kappa shape index (κ3) is 4.49. The average Bonchev–Trinajstić information content (AvgIpc) is 1.99. The first-order chi connectivity index (χ1) is 6.70. The Labute approximate surface area is 87.6 Å². The first-order valence-electron chi connectivity index (χ1n) is 4.62. The van der Waals surface area contributed by atoms with Crippen molar-refractivity contribution < 1.29 is 13.2 Å². The molecule has 0 aliphatic heterocycles. The van der Waals surface area contributed by atoms with E-state index in [4.69, 9.17) is 11.0 Å². The molecule has 0 fully saturated rings. The zero-order valence-electron chi connectivity index (χ0n) is 9.04. The number of likely N-dealkylation sites (N-methyl/N-ethyl adjacent to an activating group) is 1. The standard InChI is InChI=1S/C9H16F3N3/c1-6(4-13)5-15(3)8(7(2)14)9(10,11)12/h6-8H,5,14H2,1-3H3. The van der Waals surface area contributed by atoms with Gasteiger partial charge in [-0.25, -0.2) is 0 Å². The summed E-state index contributed by atoms with van der Waals surface area (Å²) in [5.74, 6) is -0.446. The monoisotopic (exact) mass is 223 g/mol. The molecule has 0 rings (SSSR count). The van der Waals surface area contributed by atoms with Crippen molar-refractivity contribution in [1.29, 1.82) is 5.26 Å². The summed E-state index contributed by atoms with van der Waals surface area (Å²) in [5.41, 5.74) is 5.30. The van der Waals surface area contributed by atoms with E-state index in [0.717, 1.165) is 4.90 Å². The topological polar surface area (TPSA) is 53.0 Å². The van der Waals surface area contributed by atoms with Crippen molar-refractivity contribution in [2.45, 2.75) is 32.1 Å². The van der Waals surface area contributed by atoms with Crippen LogP contribution in [0.4, 0.5) is 13.2 Å². The van der Waals surface area contributed by atoms with Crippen LogP contribution in [0.2, 0.25) is 0 Å². The SMILES string of the molecule is CC(C#N)CN(C)C(C(C)N)C(F)(F)F. The molecule has 0 aliphatic carbocycles. The highest BCUT2D eigenvalue weighted by Gasteiger charge is 2.44. The number of rotatable bonds is 4. The van der Waals surface area contributed by atoms with Gasteiger partial charge in [0.1, 0.15) is 6.04 Å². The minimum absolute atomic E-state index is 0.0578. The number of nitrogens with zero attached hydrogens (tertiary/aromatic N) is 2. The highest BCUT2D eigenvalue weighted by molar-refractivity contribution is 4.88. The number of nitriles is 1. The van der Waals surface area contributed by atoms with Gasteiger partial charge in [-0.2, -0.15) is 18.4 Å². The second-order valence-electron chi connectivity index (χ2n) is 3.82. The number of halogens is 3. The predicted octanol–water partition coefficient (Wildman–Crippen LogP) is 1.36. The Morgan fingerprint density at radius 1 is 1.40 bits per heavy atom. The molecule has 3 nitrogen and oxygen atoms in total. The molecule has 2 N–H and O–H groups in total. The summed E-state index contributed by atoms with van der Waals surface area (Å²) in [6, 6.07) is -0.822. The van der Waals surface area contributed by atoms with Crippen LogP contribution in [-0.2, 0) is 0 Å². The lowest BCUT2D eigenvalue weighted by atomic mass is 10.1. The zero-order valence-corrected chi connectivity index (χ0v) is 9.04. The smallest absolute Gasteiger partial charge is 0.326 e. The molecule has 0 aromatic carbocycles. The van der Waals surface area contributed by atoms with Crippen LogP contribution in [0.15, 0.2) is 0 Å². The Balaban J connectivity index is 4.59. The lowest BCUT2D eigenvalue weighted by molar-refractivity contribution is -0.185. The van der Waals surface area contributed by atoms with Gasteiger partial charge < -0.3 is 5.73 Å². The molecule has 0 saturated heterocycles. The highest BCUT2D eigenvalue weighted by Crippen LogP contribution is 2.26. The number of hydrogen-bond donors (Lipinski definition) is 1. The van der Waals surface area contributed by atoms with Crippen molar-refractivity contribution in [3.05, 3.63) is 0 Å². The van der Waals surface area contributed by atoms with Gasteiger partial charge in [-0.1, -0.05) is 0 Å². The second-order valence-corrected chi connectivity index (χ2v) is 3.82. The molecule has 0 radical (unpaired) electrons. The molecule has 3 unspecified atom stereocenters. The van der Waals surface area contributed by atoms with Gasteiger partial charge in [0.05, 0.1) is 12.0 Å². The van der Waals surface area contributed by atoms with Crippen molar-refractivity contribution in [2.24, 2.45) is 11.7 Å². The molecule has 6 heteroatoms. The minimum Gasteiger partial charge on any atom is -0.326 e. The van der Waals surface area contributed by atoms with Crippen molar-refractivity contribution in [3.63, 3.8) is 0 Å². The van der Waals surface area contributed by atoms with Gasteiger partial charge in [0.15, 0.2) is 0 Å². The Hall–Kier alpha value is -0.800. The van der Waals surface area contributed by atoms with Gasteiger partial charge in [-0.3, -0.25) is 4.90 Å². The van der Waals surface area contributed by atoms with E-state index in [2.05, 4.69) is 0 Å². The molecule has 0 aromatic heterocycles. The van der Waals surface area contributed by atoms with Gasteiger partial charge in [-0.15, -0.1) is 0 Å². The Morgan fingerprint density at radius 3 is 2.13 bits per heavy atom. The maximum atomic E-state index is 12.6. The summed E-state index contributed by atoms with van der Waals surface area (Å²) in [5, 5.41) is 8.52. The Morgan fingerprint density at radius 2 is 1.87 bits per heavy atom. The second kappa shape index (κ2) is 5.33. The maximum absolute atomic E-state index is 12.6. The van der Waals surface area contributed by atoms with Gasteiger partial charge in [0, 0.05) is 12.6 Å². The summed E-state index contributed by atoms with van der Waals surface area (Å²) in [6.07, 6.45) is -4.36. The Bertz CT molecular complexity index is 232. The molecular formula is C9H16F3N3. The van der Waals surface area contributed by atoms with Crippen LogP contribution in [-0.4, -0.2) is 36.8 Å². The fraction of sp³-hybridized carbons (Fsp3) is 0.889. The van der Waals surface area contributed by atoms with Crippen LogP contribution in [0.5, 0.6) is 0 Å². The van der Waals surface area contributed by atoms with Crippen LogP contribution >= 0.6 is 0 Å². The van der Waals surface area contributed by atoms with Crippen LogP contribution < -0.4 is 5.73 Å². The molecule has 0 spiro atoms. The molecule has 0 aromatic rings. The van der Waals surface area contributed by atoms with Crippen molar-refractivity contribution in [2.75, 3.05) is 13.6 Å². The van der Waals surface area contributed by atoms with E-state index in [1.807, 2.05) is 6.07 Å². The summed E-state index contributed by atoms with van der Waals surface area (Å²) >= 11 is 0. The summed E-state index contributed by atoms with van der Waals surface area (Å²) in [6.45, 7) is 2.94. The maximum Gasteiger partial charge on any atom is 0.405 e. The quantitative estimate of drug-likeness (QED) is 0.782. The number of alkyl halides is 3. The third-order valence-corrected chi connectivity index (χ3v) is 2.09. The van der Waals surface area contributed by atoms with E-state index < -0.39 is 24.2 Å². The van der Waals surface area contributed by atoms with Crippen molar-refractivity contribution >= 4 is 0 Å². The van der Waals surface area contributed by atoms with Gasteiger partial charge in [0.25, 0.3) is 0 Å². The normalized spacial score (nSPS) is 18.3. The first kappa shape index (κ1) is 14.2. The molecule has 3 atom stereocenters. The fourth-order valence-corrected chi connectivity index (χ4v) is 1.54.